The molecule has 1 aromatic rings. The predicted molar refractivity (Wildman–Crippen MR) is 125 cm³/mol. The highest BCUT2D eigenvalue weighted by molar-refractivity contribution is 14.0. The number of guanidine groups is 1. The van der Waals surface area contributed by atoms with E-state index < -0.39 is 0 Å². The van der Waals surface area contributed by atoms with Crippen LogP contribution in [-0.2, 0) is 22.6 Å². The summed E-state index contributed by atoms with van der Waals surface area (Å²) in [5.41, 5.74) is 2.27. The molecule has 0 radical (unpaired) electrons. The Hall–Kier alpha value is -0.860. The van der Waals surface area contributed by atoms with Crippen molar-refractivity contribution in [1.29, 1.82) is 0 Å². The summed E-state index contributed by atoms with van der Waals surface area (Å²) in [6.45, 7) is 14.3. The second kappa shape index (κ2) is 14.2. The van der Waals surface area contributed by atoms with Crippen LogP contribution < -0.4 is 10.6 Å². The van der Waals surface area contributed by atoms with E-state index in [-0.39, 0.29) is 29.6 Å². The predicted octanol–water partition coefficient (Wildman–Crippen LogP) is 4.35. The largest absolute Gasteiger partial charge is 0.381 e. The second-order valence-corrected chi connectivity index (χ2v) is 7.90. The van der Waals surface area contributed by atoms with Crippen molar-refractivity contribution in [2.24, 2.45) is 10.9 Å². The Morgan fingerprint density at radius 1 is 1.15 bits per heavy atom. The van der Waals surface area contributed by atoms with Gasteiger partial charge in [-0.3, -0.25) is 4.99 Å². The number of hydrogen-bond acceptors (Lipinski definition) is 3. The number of hydrogen-bond donors (Lipinski definition) is 2. The zero-order valence-electron chi connectivity index (χ0n) is 17.8. The fourth-order valence-corrected chi connectivity index (χ4v) is 2.24. The quantitative estimate of drug-likeness (QED) is 0.221. The summed E-state index contributed by atoms with van der Waals surface area (Å²) in [5, 5.41) is 6.67. The maximum Gasteiger partial charge on any atom is 0.191 e. The molecular weight excluding hydrogens is 453 g/mol. The molecular formula is C21H38IN3O2. The van der Waals surface area contributed by atoms with Crippen LogP contribution in [0.5, 0.6) is 0 Å². The van der Waals surface area contributed by atoms with Crippen LogP contribution in [0.4, 0.5) is 0 Å². The summed E-state index contributed by atoms with van der Waals surface area (Å²) in [7, 11) is 1.79. The van der Waals surface area contributed by atoms with Gasteiger partial charge in [-0.2, -0.15) is 0 Å². The van der Waals surface area contributed by atoms with E-state index >= 15 is 0 Å². The highest BCUT2D eigenvalue weighted by atomic mass is 127. The van der Waals surface area contributed by atoms with Crippen LogP contribution >= 0.6 is 24.0 Å². The number of aliphatic imine (C=N–C) groups is 1. The molecule has 0 saturated heterocycles. The molecule has 1 aromatic carbocycles. The Balaban J connectivity index is 0.00000676. The highest BCUT2D eigenvalue weighted by Gasteiger charge is 2.10. The minimum Gasteiger partial charge on any atom is -0.381 e. The number of nitrogens with one attached hydrogen (secondary N) is 2. The maximum absolute atomic E-state index is 5.85. The van der Waals surface area contributed by atoms with Crippen molar-refractivity contribution < 1.29 is 9.47 Å². The van der Waals surface area contributed by atoms with Crippen LogP contribution in [0.2, 0.25) is 0 Å². The molecule has 2 N–H and O–H groups in total. The molecule has 0 atom stereocenters. The molecule has 5 nitrogen and oxygen atoms in total. The van der Waals surface area contributed by atoms with Crippen molar-refractivity contribution in [3.8, 4) is 0 Å². The molecule has 0 unspecified atom stereocenters. The Bertz CT molecular complexity index is 542. The lowest BCUT2D eigenvalue weighted by Gasteiger charge is -2.19. The van der Waals surface area contributed by atoms with E-state index in [0.29, 0.717) is 12.5 Å². The normalized spacial score (nSPS) is 12.0. The fourth-order valence-electron chi connectivity index (χ4n) is 2.24. The monoisotopic (exact) mass is 491 g/mol. The summed E-state index contributed by atoms with van der Waals surface area (Å²) in [6, 6.07) is 8.45. The van der Waals surface area contributed by atoms with Gasteiger partial charge in [-0.25, -0.2) is 0 Å². The smallest absolute Gasteiger partial charge is 0.191 e. The lowest BCUT2D eigenvalue weighted by Crippen LogP contribution is -2.37. The van der Waals surface area contributed by atoms with Crippen molar-refractivity contribution in [2.75, 3.05) is 26.8 Å². The molecule has 1 rings (SSSR count). The number of nitrogens with zero attached hydrogens (tertiary/aromatic N) is 1. The second-order valence-electron chi connectivity index (χ2n) is 7.90. The van der Waals surface area contributed by atoms with Gasteiger partial charge in [0.1, 0.15) is 0 Å². The standard InChI is InChI=1S/C21H37N3O2.HI/c1-17(2)15-25-12-8-11-23-20(22-6)24-14-18-9-7-10-19(13-18)16-26-21(3,4)5;/h7,9-10,13,17H,8,11-12,14-16H2,1-6H3,(H2,22,23,24);1H. The molecule has 27 heavy (non-hydrogen) atoms. The first kappa shape index (κ1) is 26.1. The Morgan fingerprint density at radius 3 is 2.48 bits per heavy atom. The van der Waals surface area contributed by atoms with Crippen LogP contribution in [-0.4, -0.2) is 38.4 Å². The van der Waals surface area contributed by atoms with E-state index in [1.807, 2.05) is 0 Å². The third-order valence-electron chi connectivity index (χ3n) is 3.56. The molecule has 0 aliphatic carbocycles. The summed E-state index contributed by atoms with van der Waals surface area (Å²) in [6.07, 6.45) is 0.965. The molecule has 0 heterocycles. The van der Waals surface area contributed by atoms with Crippen LogP contribution in [0.3, 0.4) is 0 Å². The molecule has 0 aliphatic heterocycles. The molecule has 0 aliphatic rings. The van der Waals surface area contributed by atoms with E-state index in [1.165, 1.54) is 11.1 Å². The van der Waals surface area contributed by atoms with Gasteiger partial charge >= 0.3 is 0 Å². The Kier molecular flexibility index (Phi) is 13.7. The van der Waals surface area contributed by atoms with Gasteiger partial charge in [-0.1, -0.05) is 38.1 Å². The van der Waals surface area contributed by atoms with Gasteiger partial charge in [0.25, 0.3) is 0 Å². The number of halogens is 1. The topological polar surface area (TPSA) is 54.9 Å². The number of rotatable bonds is 10. The minimum atomic E-state index is -0.126. The first-order chi connectivity index (χ1) is 12.3. The Labute approximate surface area is 182 Å². The molecule has 0 spiro atoms. The van der Waals surface area contributed by atoms with Gasteiger partial charge in [0.15, 0.2) is 5.96 Å². The molecule has 0 amide bonds. The lowest BCUT2D eigenvalue weighted by molar-refractivity contribution is -0.0149. The molecule has 0 fully saturated rings. The molecule has 6 heteroatoms. The van der Waals surface area contributed by atoms with Crippen LogP contribution in [0.15, 0.2) is 29.3 Å². The van der Waals surface area contributed by atoms with Crippen molar-refractivity contribution in [3.05, 3.63) is 35.4 Å². The SMILES string of the molecule is CN=C(NCCCOCC(C)C)NCc1cccc(COC(C)(C)C)c1.I. The molecule has 0 saturated carbocycles. The lowest BCUT2D eigenvalue weighted by atomic mass is 10.1. The zero-order valence-corrected chi connectivity index (χ0v) is 20.1. The van der Waals surface area contributed by atoms with E-state index in [2.05, 4.69) is 74.5 Å². The van der Waals surface area contributed by atoms with E-state index in [4.69, 9.17) is 9.47 Å². The van der Waals surface area contributed by atoms with Crippen LogP contribution in [0.25, 0.3) is 0 Å². The first-order valence-corrected chi connectivity index (χ1v) is 9.54. The van der Waals surface area contributed by atoms with Crippen LogP contribution in [0.1, 0.15) is 52.2 Å². The number of benzene rings is 1. The maximum atomic E-state index is 5.85. The van der Waals surface area contributed by atoms with Crippen LogP contribution in [0, 0.1) is 5.92 Å². The highest BCUT2D eigenvalue weighted by Crippen LogP contribution is 2.13. The summed E-state index contributed by atoms with van der Waals surface area (Å²) < 4.78 is 11.4. The fraction of sp³-hybridized carbons (Fsp3) is 0.667. The summed E-state index contributed by atoms with van der Waals surface area (Å²) in [5.74, 6) is 1.40. The van der Waals surface area contributed by atoms with Crippen molar-refractivity contribution in [2.45, 2.75) is 59.8 Å². The van der Waals surface area contributed by atoms with Gasteiger partial charge in [-0.05, 0) is 44.2 Å². The summed E-state index contributed by atoms with van der Waals surface area (Å²) in [4.78, 5) is 4.27. The third kappa shape index (κ3) is 13.9. The van der Waals surface area contributed by atoms with Gasteiger partial charge in [0.05, 0.1) is 12.2 Å². The summed E-state index contributed by atoms with van der Waals surface area (Å²) >= 11 is 0. The molecule has 0 aromatic heterocycles. The number of ether oxygens (including phenoxy) is 2. The van der Waals surface area contributed by atoms with Gasteiger partial charge in [-0.15, -0.1) is 24.0 Å². The van der Waals surface area contributed by atoms with Crippen molar-refractivity contribution in [3.63, 3.8) is 0 Å². The molecule has 0 bridgehead atoms. The van der Waals surface area contributed by atoms with Crippen molar-refractivity contribution >= 4 is 29.9 Å². The molecule has 156 valence electrons. The van der Waals surface area contributed by atoms with Gasteiger partial charge in [0, 0.05) is 33.4 Å². The van der Waals surface area contributed by atoms with E-state index in [1.54, 1.807) is 7.05 Å². The zero-order chi connectivity index (χ0) is 19.4. The van der Waals surface area contributed by atoms with Gasteiger partial charge < -0.3 is 20.1 Å². The van der Waals surface area contributed by atoms with Crippen molar-refractivity contribution in [1.82, 2.24) is 10.6 Å². The third-order valence-corrected chi connectivity index (χ3v) is 3.56. The van der Waals surface area contributed by atoms with Gasteiger partial charge in [0.2, 0.25) is 0 Å². The first-order valence-electron chi connectivity index (χ1n) is 9.54. The van der Waals surface area contributed by atoms with E-state index in [9.17, 15) is 0 Å². The average Bonchev–Trinajstić information content (AvgIpc) is 2.58. The Morgan fingerprint density at radius 2 is 1.85 bits per heavy atom. The minimum absolute atomic E-state index is 0. The van der Waals surface area contributed by atoms with E-state index in [0.717, 1.165) is 38.7 Å². The average molecular weight is 491 g/mol.